The zero-order chi connectivity index (χ0) is 20.2. The first-order valence-electron chi connectivity index (χ1n) is 9.10. The van der Waals surface area contributed by atoms with Crippen LogP contribution in [0.25, 0.3) is 0 Å². The quantitative estimate of drug-likeness (QED) is 0.639. The van der Waals surface area contributed by atoms with Gasteiger partial charge in [-0.15, -0.1) is 0 Å². The Kier molecular flexibility index (Phi) is 6.14. The number of aliphatic hydroxyl groups is 1. The maximum atomic E-state index is 12.7. The first kappa shape index (κ1) is 20.5. The molecule has 2 aromatic carbocycles. The molecule has 0 aromatic heterocycles. The van der Waals surface area contributed by atoms with Crippen molar-refractivity contribution in [2.45, 2.75) is 23.3 Å². The number of carbonyl (C=O) groups is 1. The highest BCUT2D eigenvalue weighted by atomic mass is 32.2. The van der Waals surface area contributed by atoms with E-state index in [1.54, 1.807) is 30.3 Å². The lowest BCUT2D eigenvalue weighted by molar-refractivity contribution is -0.133. The maximum Gasteiger partial charge on any atom is 0.258 e. The predicted octanol–water partition coefficient (Wildman–Crippen LogP) is 1.11. The summed E-state index contributed by atoms with van der Waals surface area (Å²) in [5.41, 5.74) is 3.72. The van der Waals surface area contributed by atoms with Crippen molar-refractivity contribution in [3.05, 3.63) is 65.7 Å². The monoisotopic (exact) mass is 404 g/mol. The molecule has 0 saturated carbocycles. The van der Waals surface area contributed by atoms with E-state index in [1.807, 2.05) is 0 Å². The number of primary amides is 1. The van der Waals surface area contributed by atoms with Crippen LogP contribution >= 0.6 is 0 Å². The van der Waals surface area contributed by atoms with Gasteiger partial charge in [-0.1, -0.05) is 42.5 Å². The number of nitrogens with two attached hydrogens (primary N) is 1. The summed E-state index contributed by atoms with van der Waals surface area (Å²) in [6.07, 6.45) is 1.61. The molecule has 0 aliphatic carbocycles. The second kappa shape index (κ2) is 8.40. The summed E-state index contributed by atoms with van der Waals surface area (Å²) in [6.45, 7) is 1.57. The van der Waals surface area contributed by atoms with E-state index in [0.717, 1.165) is 12.8 Å². The van der Waals surface area contributed by atoms with Gasteiger partial charge in [0.05, 0.1) is 4.90 Å². The number of ether oxygens (including phenoxy) is 1. The van der Waals surface area contributed by atoms with E-state index >= 15 is 0 Å². The molecule has 0 bridgehead atoms. The average molecular weight is 404 g/mol. The minimum Gasteiger partial charge on any atom is -0.381 e. The summed E-state index contributed by atoms with van der Waals surface area (Å²) >= 11 is 0. The molecule has 150 valence electrons. The SMILES string of the molecule is NC(=O)C(O)(c1ccccc1)c1cccc(S(=O)(=O)NCC2CCOCC2)c1. The summed E-state index contributed by atoms with van der Waals surface area (Å²) in [6, 6.07) is 13.9. The van der Waals surface area contributed by atoms with Gasteiger partial charge in [-0.05, 0) is 42.0 Å². The van der Waals surface area contributed by atoms with Crippen molar-refractivity contribution in [1.29, 1.82) is 0 Å². The summed E-state index contributed by atoms with van der Waals surface area (Å²) in [4.78, 5) is 12.1. The summed E-state index contributed by atoms with van der Waals surface area (Å²) in [7, 11) is -3.80. The number of amides is 1. The van der Waals surface area contributed by atoms with Gasteiger partial charge >= 0.3 is 0 Å². The fourth-order valence-corrected chi connectivity index (χ4v) is 4.44. The first-order chi connectivity index (χ1) is 13.3. The number of carbonyl (C=O) groups excluding carboxylic acids is 1. The summed E-state index contributed by atoms with van der Waals surface area (Å²) < 4.78 is 33.3. The number of nitrogens with one attached hydrogen (secondary N) is 1. The first-order valence-corrected chi connectivity index (χ1v) is 10.6. The number of hydrogen-bond donors (Lipinski definition) is 3. The van der Waals surface area contributed by atoms with Crippen LogP contribution in [0.15, 0.2) is 59.5 Å². The molecule has 1 amide bonds. The highest BCUT2D eigenvalue weighted by Crippen LogP contribution is 2.30. The third-order valence-corrected chi connectivity index (χ3v) is 6.43. The molecule has 4 N–H and O–H groups in total. The second-order valence-corrected chi connectivity index (χ2v) is 8.64. The standard InChI is InChI=1S/C20H24N2O5S/c21-19(23)20(24,16-5-2-1-3-6-16)17-7-4-8-18(13-17)28(25,26)22-14-15-9-11-27-12-10-15/h1-8,13,15,22,24H,9-12,14H2,(H2,21,23). The van der Waals surface area contributed by atoms with Gasteiger partial charge in [-0.2, -0.15) is 0 Å². The van der Waals surface area contributed by atoms with Crippen LogP contribution in [0.4, 0.5) is 0 Å². The summed E-state index contributed by atoms with van der Waals surface area (Å²) in [5.74, 6) is -0.762. The van der Waals surface area contributed by atoms with Gasteiger partial charge in [0.15, 0.2) is 5.60 Å². The molecule has 1 fully saturated rings. The molecule has 0 spiro atoms. The minimum absolute atomic E-state index is 0.0346. The lowest BCUT2D eigenvalue weighted by atomic mass is 9.86. The lowest BCUT2D eigenvalue weighted by Gasteiger charge is -2.26. The molecule has 2 aromatic rings. The van der Waals surface area contributed by atoms with E-state index in [9.17, 15) is 18.3 Å². The Morgan fingerprint density at radius 3 is 2.39 bits per heavy atom. The van der Waals surface area contributed by atoms with Crippen molar-refractivity contribution in [2.75, 3.05) is 19.8 Å². The van der Waals surface area contributed by atoms with Crippen LogP contribution in [0.5, 0.6) is 0 Å². The van der Waals surface area contributed by atoms with Gasteiger partial charge in [0, 0.05) is 19.8 Å². The Balaban J connectivity index is 1.89. The molecule has 28 heavy (non-hydrogen) atoms. The normalized spacial score (nSPS) is 17.8. The van der Waals surface area contributed by atoms with Crippen LogP contribution in [-0.2, 0) is 25.2 Å². The average Bonchev–Trinajstić information content (AvgIpc) is 2.73. The molecule has 1 heterocycles. The second-order valence-electron chi connectivity index (χ2n) is 6.88. The van der Waals surface area contributed by atoms with Crippen molar-refractivity contribution >= 4 is 15.9 Å². The smallest absolute Gasteiger partial charge is 0.258 e. The van der Waals surface area contributed by atoms with E-state index in [4.69, 9.17) is 10.5 Å². The van der Waals surface area contributed by atoms with Crippen molar-refractivity contribution in [3.63, 3.8) is 0 Å². The number of hydrogen-bond acceptors (Lipinski definition) is 5. The summed E-state index contributed by atoms with van der Waals surface area (Å²) in [5, 5.41) is 11.1. The molecule has 1 aliphatic heterocycles. The van der Waals surface area contributed by atoms with Crippen molar-refractivity contribution in [1.82, 2.24) is 4.72 Å². The molecule has 1 saturated heterocycles. The molecule has 0 radical (unpaired) electrons. The Hall–Kier alpha value is -2.26. The fraction of sp³-hybridized carbons (Fsp3) is 0.350. The minimum atomic E-state index is -3.80. The Bertz CT molecular complexity index is 927. The molecular weight excluding hydrogens is 380 g/mol. The van der Waals surface area contributed by atoms with Crippen molar-refractivity contribution < 1.29 is 23.1 Å². The van der Waals surface area contributed by atoms with Crippen LogP contribution in [0.2, 0.25) is 0 Å². The molecule has 7 nitrogen and oxygen atoms in total. The van der Waals surface area contributed by atoms with E-state index in [-0.39, 0.29) is 21.9 Å². The van der Waals surface area contributed by atoms with Gasteiger partial charge in [0.1, 0.15) is 0 Å². The van der Waals surface area contributed by atoms with Crippen LogP contribution in [0, 0.1) is 5.92 Å². The van der Waals surface area contributed by atoms with E-state index in [0.29, 0.717) is 19.8 Å². The van der Waals surface area contributed by atoms with Gasteiger partial charge in [0.25, 0.3) is 5.91 Å². The van der Waals surface area contributed by atoms with E-state index in [1.165, 1.54) is 24.3 Å². The molecule has 1 unspecified atom stereocenters. The zero-order valence-electron chi connectivity index (χ0n) is 15.4. The highest BCUT2D eigenvalue weighted by Gasteiger charge is 2.38. The molecule has 8 heteroatoms. The third kappa shape index (κ3) is 4.25. The Morgan fingerprint density at radius 1 is 1.11 bits per heavy atom. The Morgan fingerprint density at radius 2 is 1.75 bits per heavy atom. The molecular formula is C20H24N2O5S. The van der Waals surface area contributed by atoms with E-state index < -0.39 is 21.5 Å². The lowest BCUT2D eigenvalue weighted by Crippen LogP contribution is -2.42. The number of benzene rings is 2. The van der Waals surface area contributed by atoms with Crippen LogP contribution < -0.4 is 10.5 Å². The molecule has 1 atom stereocenters. The van der Waals surface area contributed by atoms with Crippen molar-refractivity contribution in [3.8, 4) is 0 Å². The number of sulfonamides is 1. The Labute approximate surface area is 164 Å². The van der Waals surface area contributed by atoms with Gasteiger partial charge in [-0.3, -0.25) is 4.79 Å². The van der Waals surface area contributed by atoms with E-state index in [2.05, 4.69) is 4.72 Å². The largest absolute Gasteiger partial charge is 0.381 e. The van der Waals surface area contributed by atoms with Crippen LogP contribution in [-0.4, -0.2) is 39.2 Å². The maximum absolute atomic E-state index is 12.7. The predicted molar refractivity (Wildman–Crippen MR) is 104 cm³/mol. The van der Waals surface area contributed by atoms with Crippen molar-refractivity contribution in [2.24, 2.45) is 11.7 Å². The van der Waals surface area contributed by atoms with Gasteiger partial charge in [-0.25, -0.2) is 13.1 Å². The highest BCUT2D eigenvalue weighted by molar-refractivity contribution is 7.89. The molecule has 1 aliphatic rings. The van der Waals surface area contributed by atoms with Crippen LogP contribution in [0.1, 0.15) is 24.0 Å². The topological polar surface area (TPSA) is 119 Å². The third-order valence-electron chi connectivity index (χ3n) is 5.01. The van der Waals surface area contributed by atoms with Gasteiger partial charge < -0.3 is 15.6 Å². The van der Waals surface area contributed by atoms with Gasteiger partial charge in [0.2, 0.25) is 10.0 Å². The fourth-order valence-electron chi connectivity index (χ4n) is 3.28. The zero-order valence-corrected chi connectivity index (χ0v) is 16.2. The molecule has 3 rings (SSSR count). The number of rotatable bonds is 7. The van der Waals surface area contributed by atoms with Crippen LogP contribution in [0.3, 0.4) is 0 Å².